The minimum Gasteiger partial charge on any atom is -0.459 e. The van der Waals surface area contributed by atoms with E-state index in [2.05, 4.69) is 26.1 Å². The average molecular weight is 302 g/mol. The molecule has 0 radical (unpaired) electrons. The van der Waals surface area contributed by atoms with E-state index >= 15 is 0 Å². The molecule has 1 aromatic heterocycles. The highest BCUT2D eigenvalue weighted by atomic mass is 16.3. The number of urea groups is 1. The van der Waals surface area contributed by atoms with Gasteiger partial charge in [0.2, 0.25) is 0 Å². The first-order valence-electron chi connectivity index (χ1n) is 7.72. The van der Waals surface area contributed by atoms with Crippen LogP contribution in [-0.2, 0) is 0 Å². The third-order valence-corrected chi connectivity index (χ3v) is 4.40. The van der Waals surface area contributed by atoms with Crippen molar-refractivity contribution in [3.63, 3.8) is 0 Å². The number of hydrogen-bond acceptors (Lipinski definition) is 2. The van der Waals surface area contributed by atoms with Gasteiger partial charge in [0.1, 0.15) is 11.3 Å². The summed E-state index contributed by atoms with van der Waals surface area (Å²) < 4.78 is 5.85. The molecule has 0 spiro atoms. The van der Waals surface area contributed by atoms with Gasteiger partial charge in [-0.1, -0.05) is 39.0 Å². The van der Waals surface area contributed by atoms with Crippen molar-refractivity contribution < 1.29 is 9.21 Å². The summed E-state index contributed by atoms with van der Waals surface area (Å²) in [4.78, 5) is 14.1. The SMILES string of the molecule is C[C@H](c1cc2ccccc2o1)N(C)C(=O)N[C@H](C)C(C)(C)C. The van der Waals surface area contributed by atoms with Crippen molar-refractivity contribution in [2.75, 3.05) is 7.05 Å². The summed E-state index contributed by atoms with van der Waals surface area (Å²) in [6.07, 6.45) is 0. The van der Waals surface area contributed by atoms with Crippen LogP contribution in [-0.4, -0.2) is 24.0 Å². The monoisotopic (exact) mass is 302 g/mol. The molecule has 0 fully saturated rings. The zero-order valence-electron chi connectivity index (χ0n) is 14.3. The van der Waals surface area contributed by atoms with Crippen molar-refractivity contribution in [1.82, 2.24) is 10.2 Å². The smallest absolute Gasteiger partial charge is 0.317 e. The summed E-state index contributed by atoms with van der Waals surface area (Å²) in [5.41, 5.74) is 0.875. The molecule has 1 N–H and O–H groups in total. The number of carbonyl (C=O) groups is 1. The zero-order chi connectivity index (χ0) is 16.5. The van der Waals surface area contributed by atoms with Crippen LogP contribution in [0.25, 0.3) is 11.0 Å². The maximum absolute atomic E-state index is 12.4. The largest absolute Gasteiger partial charge is 0.459 e. The van der Waals surface area contributed by atoms with Crippen molar-refractivity contribution in [3.05, 3.63) is 36.1 Å². The molecule has 0 aliphatic heterocycles. The van der Waals surface area contributed by atoms with E-state index in [-0.39, 0.29) is 23.5 Å². The molecule has 2 aromatic rings. The fourth-order valence-corrected chi connectivity index (χ4v) is 2.08. The van der Waals surface area contributed by atoms with E-state index in [0.29, 0.717) is 0 Å². The number of carbonyl (C=O) groups excluding carboxylic acids is 1. The number of para-hydroxylation sites is 1. The maximum atomic E-state index is 12.4. The quantitative estimate of drug-likeness (QED) is 0.902. The maximum Gasteiger partial charge on any atom is 0.317 e. The molecule has 0 aliphatic carbocycles. The molecule has 4 heteroatoms. The Morgan fingerprint density at radius 1 is 1.23 bits per heavy atom. The van der Waals surface area contributed by atoms with Crippen molar-refractivity contribution >= 4 is 17.0 Å². The summed E-state index contributed by atoms with van der Waals surface area (Å²) in [6, 6.07) is 9.75. The normalized spacial score (nSPS) is 14.6. The Bertz CT molecular complexity index is 621. The predicted molar refractivity (Wildman–Crippen MR) is 89.8 cm³/mol. The molecule has 0 aliphatic rings. The van der Waals surface area contributed by atoms with Crippen LogP contribution < -0.4 is 5.32 Å². The van der Waals surface area contributed by atoms with E-state index in [1.165, 1.54) is 0 Å². The van der Waals surface area contributed by atoms with Gasteiger partial charge in [-0.15, -0.1) is 0 Å². The van der Waals surface area contributed by atoms with Crippen molar-refractivity contribution in [3.8, 4) is 0 Å². The lowest BCUT2D eigenvalue weighted by atomic mass is 9.88. The number of nitrogens with one attached hydrogen (secondary N) is 1. The summed E-state index contributed by atoms with van der Waals surface area (Å²) in [6.45, 7) is 10.3. The number of fused-ring (bicyclic) bond motifs is 1. The molecule has 0 unspecified atom stereocenters. The van der Waals surface area contributed by atoms with Crippen LogP contribution in [0.4, 0.5) is 4.79 Å². The molecule has 0 saturated carbocycles. The Morgan fingerprint density at radius 2 is 1.86 bits per heavy atom. The number of benzene rings is 1. The van der Waals surface area contributed by atoms with Gasteiger partial charge >= 0.3 is 6.03 Å². The molecule has 2 atom stereocenters. The lowest BCUT2D eigenvalue weighted by Crippen LogP contribution is -2.47. The number of nitrogens with zero attached hydrogens (tertiary/aromatic N) is 1. The summed E-state index contributed by atoms with van der Waals surface area (Å²) in [5, 5.41) is 4.11. The van der Waals surface area contributed by atoms with Gasteiger partial charge in [-0.05, 0) is 31.4 Å². The van der Waals surface area contributed by atoms with Gasteiger partial charge in [0.15, 0.2) is 0 Å². The standard InChI is InChI=1S/C18H26N2O2/c1-12(16-11-14-9-7-8-10-15(14)22-16)20(6)17(21)19-13(2)18(3,4)5/h7-13H,1-6H3,(H,19,21)/t12-,13-/m1/s1. The first kappa shape index (κ1) is 16.4. The molecule has 120 valence electrons. The van der Waals surface area contributed by atoms with Gasteiger partial charge < -0.3 is 14.6 Å². The first-order valence-corrected chi connectivity index (χ1v) is 7.72. The third kappa shape index (κ3) is 3.43. The minimum atomic E-state index is -0.125. The highest BCUT2D eigenvalue weighted by Crippen LogP contribution is 2.27. The molecule has 2 rings (SSSR count). The second-order valence-corrected chi connectivity index (χ2v) is 7.01. The second kappa shape index (κ2) is 6.03. The summed E-state index contributed by atoms with van der Waals surface area (Å²) in [7, 11) is 1.79. The number of rotatable bonds is 3. The van der Waals surface area contributed by atoms with Gasteiger partial charge in [-0.3, -0.25) is 0 Å². The van der Waals surface area contributed by atoms with E-state index in [0.717, 1.165) is 16.7 Å². The first-order chi connectivity index (χ1) is 10.2. The van der Waals surface area contributed by atoms with Gasteiger partial charge in [-0.2, -0.15) is 0 Å². The molecule has 4 nitrogen and oxygen atoms in total. The lowest BCUT2D eigenvalue weighted by molar-refractivity contribution is 0.174. The van der Waals surface area contributed by atoms with E-state index in [9.17, 15) is 4.79 Å². The fraction of sp³-hybridized carbons (Fsp3) is 0.500. The molecular formula is C18H26N2O2. The average Bonchev–Trinajstić information content (AvgIpc) is 2.88. The van der Waals surface area contributed by atoms with E-state index in [4.69, 9.17) is 4.42 Å². The Kier molecular flexibility index (Phi) is 4.50. The van der Waals surface area contributed by atoms with Crippen LogP contribution in [0.15, 0.2) is 34.7 Å². The zero-order valence-corrected chi connectivity index (χ0v) is 14.3. The van der Waals surface area contributed by atoms with E-state index in [1.54, 1.807) is 11.9 Å². The number of amides is 2. The Hall–Kier alpha value is -1.97. The fourth-order valence-electron chi connectivity index (χ4n) is 2.08. The van der Waals surface area contributed by atoms with Crippen molar-refractivity contribution in [2.45, 2.75) is 46.7 Å². The van der Waals surface area contributed by atoms with Crippen molar-refractivity contribution in [1.29, 1.82) is 0 Å². The Morgan fingerprint density at radius 3 is 2.45 bits per heavy atom. The van der Waals surface area contributed by atoms with E-state index in [1.807, 2.05) is 44.2 Å². The van der Waals surface area contributed by atoms with Gasteiger partial charge in [0, 0.05) is 18.5 Å². The molecular weight excluding hydrogens is 276 g/mol. The second-order valence-electron chi connectivity index (χ2n) is 7.01. The summed E-state index contributed by atoms with van der Waals surface area (Å²) >= 11 is 0. The number of hydrogen-bond donors (Lipinski definition) is 1. The van der Waals surface area contributed by atoms with Crippen LogP contribution in [0.3, 0.4) is 0 Å². The van der Waals surface area contributed by atoms with Gasteiger partial charge in [0.25, 0.3) is 0 Å². The molecule has 2 amide bonds. The van der Waals surface area contributed by atoms with Crippen LogP contribution in [0, 0.1) is 5.41 Å². The van der Waals surface area contributed by atoms with Gasteiger partial charge in [-0.25, -0.2) is 4.79 Å². The van der Waals surface area contributed by atoms with Gasteiger partial charge in [0.05, 0.1) is 6.04 Å². The highest BCUT2D eigenvalue weighted by molar-refractivity contribution is 5.78. The number of furan rings is 1. The molecule has 0 bridgehead atoms. The van der Waals surface area contributed by atoms with Crippen LogP contribution in [0.1, 0.15) is 46.4 Å². The Balaban J connectivity index is 2.11. The molecule has 1 aromatic carbocycles. The van der Waals surface area contributed by atoms with Crippen molar-refractivity contribution in [2.24, 2.45) is 5.41 Å². The third-order valence-electron chi connectivity index (χ3n) is 4.40. The molecule has 22 heavy (non-hydrogen) atoms. The van der Waals surface area contributed by atoms with Crippen LogP contribution >= 0.6 is 0 Å². The Labute approximate surface area is 132 Å². The minimum absolute atomic E-state index is 0.0269. The van der Waals surface area contributed by atoms with Crippen LogP contribution in [0.5, 0.6) is 0 Å². The topological polar surface area (TPSA) is 45.5 Å². The predicted octanol–water partition coefficient (Wildman–Crippen LogP) is 4.57. The highest BCUT2D eigenvalue weighted by Gasteiger charge is 2.26. The van der Waals surface area contributed by atoms with Crippen LogP contribution in [0.2, 0.25) is 0 Å². The molecule has 0 saturated heterocycles. The molecule has 1 heterocycles. The summed E-state index contributed by atoms with van der Waals surface area (Å²) in [5.74, 6) is 0.794. The van der Waals surface area contributed by atoms with E-state index < -0.39 is 0 Å². The lowest BCUT2D eigenvalue weighted by Gasteiger charge is -2.31.